The van der Waals surface area contributed by atoms with Crippen LogP contribution >= 0.6 is 0 Å². The van der Waals surface area contributed by atoms with Gasteiger partial charge in [0.25, 0.3) is 0 Å². The van der Waals surface area contributed by atoms with E-state index in [4.69, 9.17) is 5.73 Å². The van der Waals surface area contributed by atoms with Gasteiger partial charge in [-0.3, -0.25) is 0 Å². The van der Waals surface area contributed by atoms with Gasteiger partial charge in [0.05, 0.1) is 0 Å². The van der Waals surface area contributed by atoms with E-state index in [1.165, 1.54) is 42.7 Å². The van der Waals surface area contributed by atoms with Crippen LogP contribution in [0.15, 0.2) is 18.2 Å². The highest BCUT2D eigenvalue weighted by Gasteiger charge is 2.20. The van der Waals surface area contributed by atoms with Crippen LogP contribution < -0.4 is 10.6 Å². The molecule has 0 unspecified atom stereocenters. The van der Waals surface area contributed by atoms with Gasteiger partial charge in [-0.05, 0) is 43.4 Å². The minimum atomic E-state index is 0.789. The van der Waals surface area contributed by atoms with Gasteiger partial charge in [0, 0.05) is 18.8 Å². The lowest BCUT2D eigenvalue weighted by Gasteiger charge is -2.21. The van der Waals surface area contributed by atoms with Crippen LogP contribution in [-0.4, -0.2) is 19.6 Å². The van der Waals surface area contributed by atoms with E-state index in [9.17, 15) is 0 Å². The Morgan fingerprint density at radius 2 is 2.25 bits per heavy atom. The molecule has 16 heavy (non-hydrogen) atoms. The van der Waals surface area contributed by atoms with E-state index < -0.39 is 0 Å². The Morgan fingerprint density at radius 1 is 1.38 bits per heavy atom. The molecular formula is C14H22N2. The van der Waals surface area contributed by atoms with Gasteiger partial charge in [-0.25, -0.2) is 0 Å². The summed E-state index contributed by atoms with van der Waals surface area (Å²) < 4.78 is 0. The minimum absolute atomic E-state index is 0.789. The first-order valence-corrected chi connectivity index (χ1v) is 6.42. The molecule has 0 bridgehead atoms. The highest BCUT2D eigenvalue weighted by Crippen LogP contribution is 2.32. The Balaban J connectivity index is 2.22. The summed E-state index contributed by atoms with van der Waals surface area (Å²) in [7, 11) is 0. The molecule has 0 radical (unpaired) electrons. The smallest absolute Gasteiger partial charge is 0.0432 e. The summed E-state index contributed by atoms with van der Waals surface area (Å²) >= 11 is 0. The second-order valence-corrected chi connectivity index (χ2v) is 4.55. The van der Waals surface area contributed by atoms with Crippen LogP contribution in [0.25, 0.3) is 0 Å². The maximum Gasteiger partial charge on any atom is 0.0432 e. The van der Waals surface area contributed by atoms with E-state index >= 15 is 0 Å². The molecule has 1 aliphatic rings. The molecule has 2 N–H and O–H groups in total. The fourth-order valence-corrected chi connectivity index (χ4v) is 2.61. The van der Waals surface area contributed by atoms with Gasteiger partial charge < -0.3 is 10.6 Å². The predicted octanol–water partition coefficient (Wildman–Crippen LogP) is 2.35. The largest absolute Gasteiger partial charge is 0.371 e. The molecule has 0 atom stereocenters. The molecule has 2 heteroatoms. The normalized spacial score (nSPS) is 14.2. The molecule has 0 amide bonds. The Bertz CT molecular complexity index is 345. The van der Waals surface area contributed by atoms with E-state index in [0.717, 1.165) is 19.4 Å². The van der Waals surface area contributed by atoms with E-state index in [-0.39, 0.29) is 0 Å². The van der Waals surface area contributed by atoms with Crippen molar-refractivity contribution in [1.82, 2.24) is 0 Å². The first-order chi connectivity index (χ1) is 7.86. The molecule has 2 nitrogen and oxygen atoms in total. The Hall–Kier alpha value is -1.02. The summed E-state index contributed by atoms with van der Waals surface area (Å²) in [5.74, 6) is 0. The lowest BCUT2D eigenvalue weighted by molar-refractivity contribution is 0.783. The molecule has 1 aliphatic heterocycles. The van der Waals surface area contributed by atoms with Crippen molar-refractivity contribution in [2.75, 3.05) is 24.5 Å². The van der Waals surface area contributed by atoms with Gasteiger partial charge >= 0.3 is 0 Å². The number of nitrogens with two attached hydrogens (primary N) is 1. The van der Waals surface area contributed by atoms with Crippen molar-refractivity contribution in [2.24, 2.45) is 5.73 Å². The highest BCUT2D eigenvalue weighted by molar-refractivity contribution is 5.63. The number of aryl methyl sites for hydroxylation is 1. The molecule has 0 spiro atoms. The quantitative estimate of drug-likeness (QED) is 0.822. The van der Waals surface area contributed by atoms with Crippen molar-refractivity contribution in [2.45, 2.75) is 32.6 Å². The number of rotatable bonds is 5. The first kappa shape index (κ1) is 11.5. The zero-order chi connectivity index (χ0) is 11.4. The zero-order valence-electron chi connectivity index (χ0n) is 10.2. The average Bonchev–Trinajstić information content (AvgIpc) is 2.71. The van der Waals surface area contributed by atoms with Crippen molar-refractivity contribution in [3.05, 3.63) is 29.3 Å². The van der Waals surface area contributed by atoms with Gasteiger partial charge in [0.1, 0.15) is 0 Å². The Morgan fingerprint density at radius 3 is 3.00 bits per heavy atom. The van der Waals surface area contributed by atoms with E-state index in [1.807, 2.05) is 0 Å². The van der Waals surface area contributed by atoms with Crippen molar-refractivity contribution in [3.63, 3.8) is 0 Å². The molecule has 0 saturated carbocycles. The van der Waals surface area contributed by atoms with Crippen molar-refractivity contribution in [3.8, 4) is 0 Å². The molecule has 0 fully saturated rings. The first-order valence-electron chi connectivity index (χ1n) is 6.42. The molecule has 0 aromatic heterocycles. The summed E-state index contributed by atoms with van der Waals surface area (Å²) in [6.07, 6.45) is 4.66. The molecular weight excluding hydrogens is 196 g/mol. The number of anilines is 1. The summed E-state index contributed by atoms with van der Waals surface area (Å²) in [6, 6.07) is 6.74. The van der Waals surface area contributed by atoms with Crippen molar-refractivity contribution < 1.29 is 0 Å². The van der Waals surface area contributed by atoms with Crippen LogP contribution in [0, 0.1) is 0 Å². The minimum Gasteiger partial charge on any atom is -0.371 e. The van der Waals surface area contributed by atoms with Crippen LogP contribution in [-0.2, 0) is 12.8 Å². The second-order valence-electron chi connectivity index (χ2n) is 4.55. The third-order valence-corrected chi connectivity index (χ3v) is 3.31. The van der Waals surface area contributed by atoms with Crippen molar-refractivity contribution in [1.29, 1.82) is 0 Å². The topological polar surface area (TPSA) is 29.3 Å². The van der Waals surface area contributed by atoms with Gasteiger partial charge in [-0.1, -0.05) is 25.1 Å². The van der Waals surface area contributed by atoms with Crippen LogP contribution in [0.5, 0.6) is 0 Å². The van der Waals surface area contributed by atoms with Crippen LogP contribution in [0.2, 0.25) is 0 Å². The monoisotopic (exact) mass is 218 g/mol. The fourth-order valence-electron chi connectivity index (χ4n) is 2.61. The highest BCUT2D eigenvalue weighted by atomic mass is 15.1. The molecule has 0 aliphatic carbocycles. The summed E-state index contributed by atoms with van der Waals surface area (Å²) in [6.45, 7) is 5.42. The van der Waals surface area contributed by atoms with Gasteiger partial charge in [0.15, 0.2) is 0 Å². The molecule has 1 aromatic carbocycles. The molecule has 1 aromatic rings. The molecule has 0 saturated heterocycles. The van der Waals surface area contributed by atoms with Crippen LogP contribution in [0.4, 0.5) is 5.69 Å². The zero-order valence-corrected chi connectivity index (χ0v) is 10.2. The van der Waals surface area contributed by atoms with Gasteiger partial charge in [-0.2, -0.15) is 0 Å². The molecule has 2 rings (SSSR count). The number of hydrogen-bond donors (Lipinski definition) is 1. The summed E-state index contributed by atoms with van der Waals surface area (Å²) in [5, 5.41) is 0. The number of para-hydroxylation sites is 1. The third kappa shape index (κ3) is 2.22. The molecule has 1 heterocycles. The Kier molecular flexibility index (Phi) is 3.83. The lowest BCUT2D eigenvalue weighted by Crippen LogP contribution is -2.22. The third-order valence-electron chi connectivity index (χ3n) is 3.31. The standard InChI is InChI=1S/C14H22N2/c1-2-10-16-11-8-13-6-3-5-12(14(13)16)7-4-9-15/h3,5-6H,2,4,7-11,15H2,1H3. The lowest BCUT2D eigenvalue weighted by atomic mass is 10.0. The number of nitrogens with zero attached hydrogens (tertiary/aromatic N) is 1. The maximum atomic E-state index is 5.60. The van der Waals surface area contributed by atoms with Gasteiger partial charge in [-0.15, -0.1) is 0 Å². The van der Waals surface area contributed by atoms with E-state index in [0.29, 0.717) is 0 Å². The van der Waals surface area contributed by atoms with Crippen molar-refractivity contribution >= 4 is 5.69 Å². The maximum absolute atomic E-state index is 5.60. The van der Waals surface area contributed by atoms with E-state index in [1.54, 1.807) is 0 Å². The average molecular weight is 218 g/mol. The summed E-state index contributed by atoms with van der Waals surface area (Å²) in [5.41, 5.74) is 10.1. The SMILES string of the molecule is CCCN1CCc2cccc(CCCN)c21. The number of benzene rings is 1. The van der Waals surface area contributed by atoms with Crippen LogP contribution in [0.1, 0.15) is 30.9 Å². The number of hydrogen-bond acceptors (Lipinski definition) is 2. The van der Waals surface area contributed by atoms with Gasteiger partial charge in [0.2, 0.25) is 0 Å². The Labute approximate surface area is 98.4 Å². The summed E-state index contributed by atoms with van der Waals surface area (Å²) in [4.78, 5) is 2.54. The van der Waals surface area contributed by atoms with Crippen LogP contribution in [0.3, 0.4) is 0 Å². The number of fused-ring (bicyclic) bond motifs is 1. The van der Waals surface area contributed by atoms with E-state index in [2.05, 4.69) is 30.0 Å². The second kappa shape index (κ2) is 5.35. The molecule has 88 valence electrons. The predicted molar refractivity (Wildman–Crippen MR) is 70.0 cm³/mol. The fraction of sp³-hybridized carbons (Fsp3) is 0.571.